The number of urea groups is 1. The summed E-state index contributed by atoms with van der Waals surface area (Å²) >= 11 is 5.96. The van der Waals surface area contributed by atoms with Gasteiger partial charge in [0, 0.05) is 17.9 Å². The number of hydrogen-bond acceptors (Lipinski definition) is 3. The van der Waals surface area contributed by atoms with E-state index in [-0.39, 0.29) is 40.7 Å². The number of imide groups is 1. The van der Waals surface area contributed by atoms with E-state index in [1.807, 2.05) is 0 Å². The van der Waals surface area contributed by atoms with Gasteiger partial charge in [-0.3, -0.25) is 14.9 Å². The predicted octanol–water partition coefficient (Wildman–Crippen LogP) is 4.45. The summed E-state index contributed by atoms with van der Waals surface area (Å²) in [5, 5.41) is 4.70. The Bertz CT molecular complexity index is 1080. The summed E-state index contributed by atoms with van der Waals surface area (Å²) in [4.78, 5) is 36.3. The van der Waals surface area contributed by atoms with Crippen molar-refractivity contribution < 1.29 is 27.6 Å². The van der Waals surface area contributed by atoms with Crippen molar-refractivity contribution >= 4 is 29.4 Å². The summed E-state index contributed by atoms with van der Waals surface area (Å²) < 4.78 is 45.1. The van der Waals surface area contributed by atoms with E-state index < -0.39 is 46.6 Å². The first-order valence-electron chi connectivity index (χ1n) is 11.7. The highest BCUT2D eigenvalue weighted by Crippen LogP contribution is 2.68. The SMILES string of the molecule is NC(=O)NC(=O)C[C@]12CC1C[C@H](C(=O)N[C@H](c1c(F)ccc(Cl)c1F)C13CCC(F)(CC1)C3)C2. The Morgan fingerprint density at radius 3 is 2.47 bits per heavy atom. The summed E-state index contributed by atoms with van der Waals surface area (Å²) in [6.07, 6.45) is 3.43. The van der Waals surface area contributed by atoms with Crippen molar-refractivity contribution in [3.05, 3.63) is 34.4 Å². The number of amides is 4. The molecular weight excluding hydrogens is 471 g/mol. The molecule has 1 aromatic rings. The van der Waals surface area contributed by atoms with Crippen LogP contribution >= 0.6 is 11.6 Å². The number of halogens is 4. The molecule has 4 aliphatic rings. The van der Waals surface area contributed by atoms with Crippen molar-refractivity contribution in [2.75, 3.05) is 0 Å². The molecule has 4 atom stereocenters. The molecule has 4 fully saturated rings. The first kappa shape index (κ1) is 23.5. The zero-order valence-corrected chi connectivity index (χ0v) is 19.3. The molecule has 0 heterocycles. The second kappa shape index (κ2) is 7.86. The number of rotatable bonds is 6. The third kappa shape index (κ3) is 3.85. The van der Waals surface area contributed by atoms with E-state index in [4.69, 9.17) is 17.3 Å². The lowest BCUT2D eigenvalue weighted by Crippen LogP contribution is -2.42. The molecule has 0 radical (unpaired) electrons. The van der Waals surface area contributed by atoms with Crippen LogP contribution in [0.1, 0.15) is 69.4 Å². The van der Waals surface area contributed by atoms with Crippen molar-refractivity contribution in [1.82, 2.24) is 10.6 Å². The van der Waals surface area contributed by atoms with Crippen molar-refractivity contribution in [1.29, 1.82) is 0 Å². The van der Waals surface area contributed by atoms with E-state index >= 15 is 8.78 Å². The number of nitrogens with two attached hydrogens (primary N) is 1. The standard InChI is InChI=1S/C24H27ClF3N3O3/c25-14-1-2-15(26)17(18(14)27)19(22-3-5-24(28,11-22)6-4-22)31-20(33)12-7-13-9-23(13,8-12)10-16(32)30-21(29)34/h1-2,12-13,19H,3-11H2,(H,31,33)(H3,29,30,32,34)/t12-,13?,19+,22?,23-,24?/m0/s1. The van der Waals surface area contributed by atoms with E-state index in [2.05, 4.69) is 10.6 Å². The van der Waals surface area contributed by atoms with Gasteiger partial charge >= 0.3 is 6.03 Å². The Labute approximate surface area is 200 Å². The van der Waals surface area contributed by atoms with Gasteiger partial charge in [0.1, 0.15) is 17.3 Å². The molecule has 10 heteroatoms. The number of alkyl halides is 1. The maximum atomic E-state index is 15.1. The van der Waals surface area contributed by atoms with Gasteiger partial charge in [-0.25, -0.2) is 18.0 Å². The molecule has 34 heavy (non-hydrogen) atoms. The lowest BCUT2D eigenvalue weighted by atomic mass is 9.74. The molecule has 4 amide bonds. The number of benzene rings is 1. The minimum Gasteiger partial charge on any atom is -0.351 e. The van der Waals surface area contributed by atoms with E-state index in [0.717, 1.165) is 18.6 Å². The summed E-state index contributed by atoms with van der Waals surface area (Å²) in [5.41, 5.74) is 2.18. The van der Waals surface area contributed by atoms with Crippen molar-refractivity contribution in [3.63, 3.8) is 0 Å². The van der Waals surface area contributed by atoms with Gasteiger partial charge in [0.05, 0.1) is 11.1 Å². The highest BCUT2D eigenvalue weighted by Gasteiger charge is 2.63. The molecule has 1 unspecified atom stereocenters. The van der Waals surface area contributed by atoms with Crippen LogP contribution < -0.4 is 16.4 Å². The van der Waals surface area contributed by atoms with Gasteiger partial charge in [-0.15, -0.1) is 0 Å². The predicted molar refractivity (Wildman–Crippen MR) is 117 cm³/mol. The molecule has 184 valence electrons. The zero-order valence-electron chi connectivity index (χ0n) is 18.6. The number of primary amides is 1. The molecule has 0 spiro atoms. The number of hydrogen-bond donors (Lipinski definition) is 3. The van der Waals surface area contributed by atoms with Crippen LogP contribution in [0.4, 0.5) is 18.0 Å². The van der Waals surface area contributed by atoms with Crippen molar-refractivity contribution in [2.45, 2.75) is 69.5 Å². The Morgan fingerprint density at radius 2 is 1.85 bits per heavy atom. The van der Waals surface area contributed by atoms with Crippen LogP contribution in [-0.4, -0.2) is 23.5 Å². The van der Waals surface area contributed by atoms with Gasteiger partial charge in [0.25, 0.3) is 0 Å². The fourth-order valence-electron chi connectivity index (χ4n) is 7.09. The quantitative estimate of drug-likeness (QED) is 0.506. The summed E-state index contributed by atoms with van der Waals surface area (Å²) in [5.74, 6) is -2.87. The number of carbonyl (C=O) groups is 3. The summed E-state index contributed by atoms with van der Waals surface area (Å²) in [6, 6.07) is 0.237. The second-order valence-corrected chi connectivity index (χ2v) is 11.3. The van der Waals surface area contributed by atoms with Gasteiger partial charge in [-0.1, -0.05) is 11.6 Å². The second-order valence-electron chi connectivity index (χ2n) is 10.9. The lowest BCUT2D eigenvalue weighted by molar-refractivity contribution is -0.127. The van der Waals surface area contributed by atoms with E-state index in [0.29, 0.717) is 38.5 Å². The maximum Gasteiger partial charge on any atom is 0.318 e. The van der Waals surface area contributed by atoms with E-state index in [1.54, 1.807) is 0 Å². The van der Waals surface area contributed by atoms with Crippen LogP contribution in [0.25, 0.3) is 0 Å². The van der Waals surface area contributed by atoms with Crippen molar-refractivity contribution in [2.24, 2.45) is 28.4 Å². The van der Waals surface area contributed by atoms with Gasteiger partial charge < -0.3 is 11.1 Å². The van der Waals surface area contributed by atoms with Gasteiger partial charge in [-0.05, 0) is 80.2 Å². The number of carbonyl (C=O) groups excluding carboxylic acids is 3. The minimum atomic E-state index is -1.37. The molecule has 5 rings (SSSR count). The smallest absolute Gasteiger partial charge is 0.318 e. The fraction of sp³-hybridized carbons (Fsp3) is 0.625. The molecule has 6 nitrogen and oxygen atoms in total. The Hall–Kier alpha value is -2.29. The van der Waals surface area contributed by atoms with Gasteiger partial charge in [0.15, 0.2) is 0 Å². The maximum absolute atomic E-state index is 15.1. The molecule has 4 N–H and O–H groups in total. The molecule has 0 saturated heterocycles. The van der Waals surface area contributed by atoms with Crippen LogP contribution in [0.2, 0.25) is 5.02 Å². The molecule has 4 aliphatic carbocycles. The lowest BCUT2D eigenvalue weighted by Gasteiger charge is -2.37. The summed E-state index contributed by atoms with van der Waals surface area (Å²) in [6.45, 7) is 0. The van der Waals surface area contributed by atoms with Crippen LogP contribution in [0, 0.1) is 34.3 Å². The Morgan fingerprint density at radius 1 is 1.15 bits per heavy atom. The Kier molecular flexibility index (Phi) is 5.42. The minimum absolute atomic E-state index is 0.0969. The molecule has 2 bridgehead atoms. The normalized spacial score (nSPS) is 36.1. The largest absolute Gasteiger partial charge is 0.351 e. The van der Waals surface area contributed by atoms with Gasteiger partial charge in [-0.2, -0.15) is 0 Å². The average molecular weight is 498 g/mol. The first-order chi connectivity index (χ1) is 16.0. The number of nitrogens with one attached hydrogen (secondary N) is 2. The first-order valence-corrected chi connectivity index (χ1v) is 12.1. The third-order valence-corrected chi connectivity index (χ3v) is 9.10. The fourth-order valence-corrected chi connectivity index (χ4v) is 7.26. The Balaban J connectivity index is 1.37. The van der Waals surface area contributed by atoms with Crippen molar-refractivity contribution in [3.8, 4) is 0 Å². The molecule has 0 aromatic heterocycles. The van der Waals surface area contributed by atoms with Crippen LogP contribution in [0.15, 0.2) is 12.1 Å². The van der Waals surface area contributed by atoms with Gasteiger partial charge in [0.2, 0.25) is 11.8 Å². The molecule has 0 aliphatic heterocycles. The van der Waals surface area contributed by atoms with E-state index in [1.165, 1.54) is 0 Å². The molecule has 1 aromatic carbocycles. The highest BCUT2D eigenvalue weighted by molar-refractivity contribution is 6.30. The molecule has 4 saturated carbocycles. The summed E-state index contributed by atoms with van der Waals surface area (Å²) in [7, 11) is 0. The molecular formula is C24H27ClF3N3O3. The van der Waals surface area contributed by atoms with E-state index in [9.17, 15) is 18.8 Å². The van der Waals surface area contributed by atoms with Crippen LogP contribution in [0.5, 0.6) is 0 Å². The third-order valence-electron chi connectivity index (χ3n) is 8.80. The monoisotopic (exact) mass is 497 g/mol. The highest BCUT2D eigenvalue weighted by atomic mass is 35.5. The topological polar surface area (TPSA) is 101 Å². The average Bonchev–Trinajstić information content (AvgIpc) is 3.04. The zero-order chi connectivity index (χ0) is 24.5. The number of fused-ring (bicyclic) bond motifs is 3. The van der Waals surface area contributed by atoms with Crippen LogP contribution in [-0.2, 0) is 9.59 Å². The van der Waals surface area contributed by atoms with Crippen LogP contribution in [0.3, 0.4) is 0 Å².